The third kappa shape index (κ3) is 4.90. The maximum absolute atomic E-state index is 14.3. The Morgan fingerprint density at radius 1 is 1.03 bits per heavy atom. The molecule has 0 bridgehead atoms. The van der Waals surface area contributed by atoms with Crippen molar-refractivity contribution in [2.45, 2.75) is 24.7 Å². The summed E-state index contributed by atoms with van der Waals surface area (Å²) in [4.78, 5) is 19.5. The highest BCUT2D eigenvalue weighted by molar-refractivity contribution is 7.92. The molecule has 4 aromatic rings. The van der Waals surface area contributed by atoms with Crippen molar-refractivity contribution >= 4 is 44.9 Å². The topological polar surface area (TPSA) is 127 Å². The molecule has 0 unspecified atom stereocenters. The normalized spacial score (nSPS) is 12.4. The second-order valence-electron chi connectivity index (χ2n) is 8.68. The van der Waals surface area contributed by atoms with Gasteiger partial charge in [0.05, 0.1) is 22.1 Å². The predicted molar refractivity (Wildman–Crippen MR) is 141 cm³/mol. The van der Waals surface area contributed by atoms with Crippen molar-refractivity contribution in [3.8, 4) is 22.4 Å². The number of halogens is 3. The fourth-order valence-electron chi connectivity index (χ4n) is 4.39. The SMILES string of the molecule is CC(=O)Nc1ccc(-c2nc(N)nc3c2-c2cc(NS(=O)(=O)c4ccc(F)cc4F)c(Cl)cc2CC3)cc1. The first-order valence-electron chi connectivity index (χ1n) is 11.4. The van der Waals surface area contributed by atoms with Gasteiger partial charge in [-0.05, 0) is 60.4 Å². The average molecular weight is 556 g/mol. The zero-order valence-corrected chi connectivity index (χ0v) is 21.4. The number of anilines is 3. The van der Waals surface area contributed by atoms with Gasteiger partial charge in [0.25, 0.3) is 10.0 Å². The molecule has 0 atom stereocenters. The van der Waals surface area contributed by atoms with Crippen LogP contribution in [0.5, 0.6) is 0 Å². The predicted octanol–water partition coefficient (Wildman–Crippen LogP) is 5.18. The van der Waals surface area contributed by atoms with Gasteiger partial charge in [-0.1, -0.05) is 23.7 Å². The molecular weight excluding hydrogens is 536 g/mol. The summed E-state index contributed by atoms with van der Waals surface area (Å²) < 4.78 is 55.8. The van der Waals surface area contributed by atoms with Gasteiger partial charge in [-0.15, -0.1) is 0 Å². The zero-order valence-electron chi connectivity index (χ0n) is 19.8. The second-order valence-corrected chi connectivity index (χ2v) is 10.7. The Morgan fingerprint density at radius 2 is 1.76 bits per heavy atom. The summed E-state index contributed by atoms with van der Waals surface area (Å²) in [6.45, 7) is 1.41. The van der Waals surface area contributed by atoms with Crippen LogP contribution in [-0.4, -0.2) is 24.3 Å². The van der Waals surface area contributed by atoms with Crippen molar-refractivity contribution in [1.82, 2.24) is 9.97 Å². The van der Waals surface area contributed by atoms with Crippen LogP contribution in [0, 0.1) is 11.6 Å². The number of benzene rings is 3. The Labute approximate surface area is 221 Å². The van der Waals surface area contributed by atoms with Crippen LogP contribution in [0.25, 0.3) is 22.4 Å². The highest BCUT2D eigenvalue weighted by atomic mass is 35.5. The van der Waals surface area contributed by atoms with Crippen LogP contribution < -0.4 is 15.8 Å². The number of fused-ring (bicyclic) bond motifs is 3. The number of nitrogens with one attached hydrogen (secondary N) is 2. The molecule has 3 aromatic carbocycles. The van der Waals surface area contributed by atoms with Gasteiger partial charge in [-0.2, -0.15) is 0 Å². The van der Waals surface area contributed by atoms with Crippen LogP contribution in [-0.2, 0) is 27.7 Å². The molecule has 1 aromatic heterocycles. The highest BCUT2D eigenvalue weighted by Gasteiger charge is 2.27. The Balaban J connectivity index is 1.61. The molecule has 0 saturated carbocycles. The molecule has 0 aliphatic heterocycles. The minimum absolute atomic E-state index is 0.00535. The Hall–Kier alpha value is -4.09. The Kier molecular flexibility index (Phi) is 6.49. The largest absolute Gasteiger partial charge is 0.368 e. The average Bonchev–Trinajstić information content (AvgIpc) is 2.83. The van der Waals surface area contributed by atoms with E-state index >= 15 is 0 Å². The molecule has 8 nitrogen and oxygen atoms in total. The van der Waals surface area contributed by atoms with E-state index in [4.69, 9.17) is 17.3 Å². The van der Waals surface area contributed by atoms with Crippen molar-refractivity contribution < 1.29 is 22.0 Å². The maximum atomic E-state index is 14.3. The molecule has 4 N–H and O–H groups in total. The van der Waals surface area contributed by atoms with E-state index in [0.29, 0.717) is 52.7 Å². The lowest BCUT2D eigenvalue weighted by Crippen LogP contribution is -2.16. The summed E-state index contributed by atoms with van der Waals surface area (Å²) >= 11 is 6.42. The van der Waals surface area contributed by atoms with Crippen LogP contribution in [0.15, 0.2) is 59.5 Å². The van der Waals surface area contributed by atoms with E-state index in [2.05, 4.69) is 20.0 Å². The van der Waals surface area contributed by atoms with Crippen molar-refractivity contribution in [2.75, 3.05) is 15.8 Å². The van der Waals surface area contributed by atoms with E-state index in [0.717, 1.165) is 17.7 Å². The van der Waals surface area contributed by atoms with E-state index in [1.54, 1.807) is 36.4 Å². The number of nitrogens with two attached hydrogens (primary N) is 1. The number of carbonyl (C=O) groups excluding carboxylic acids is 1. The summed E-state index contributed by atoms with van der Waals surface area (Å²) in [5.41, 5.74) is 10.6. The number of hydrogen-bond donors (Lipinski definition) is 3. The molecule has 0 fully saturated rings. The van der Waals surface area contributed by atoms with Gasteiger partial charge in [0.15, 0.2) is 0 Å². The number of aryl methyl sites for hydroxylation is 2. The standard InChI is InChI=1S/C26H20ClF2N5O3S/c1-13(35)31-17-6-2-14(3-7-17)25-24-18-12-22(34-38(36,37)23-9-5-16(28)11-20(23)29)19(27)10-15(18)4-8-21(24)32-26(30)33-25/h2-3,5-7,9-12,34H,4,8H2,1H3,(H,31,35)(H2,30,32,33). The van der Waals surface area contributed by atoms with Gasteiger partial charge in [0, 0.05) is 29.8 Å². The molecule has 1 aliphatic carbocycles. The molecule has 1 heterocycles. The number of nitrogen functional groups attached to an aromatic ring is 1. The van der Waals surface area contributed by atoms with E-state index in [1.165, 1.54) is 6.92 Å². The van der Waals surface area contributed by atoms with Crippen molar-refractivity contribution in [2.24, 2.45) is 0 Å². The first kappa shape index (κ1) is 25.6. The number of aromatic nitrogens is 2. The van der Waals surface area contributed by atoms with Crippen LogP contribution in [0.3, 0.4) is 0 Å². The number of rotatable bonds is 5. The monoisotopic (exact) mass is 555 g/mol. The first-order chi connectivity index (χ1) is 18.0. The first-order valence-corrected chi connectivity index (χ1v) is 13.2. The smallest absolute Gasteiger partial charge is 0.264 e. The van der Waals surface area contributed by atoms with Crippen molar-refractivity contribution in [3.05, 3.63) is 82.5 Å². The summed E-state index contributed by atoms with van der Waals surface area (Å²) in [5.74, 6) is -2.26. The lowest BCUT2D eigenvalue weighted by molar-refractivity contribution is -0.114. The molecule has 194 valence electrons. The summed E-state index contributed by atoms with van der Waals surface area (Å²) in [5, 5.41) is 2.81. The Bertz CT molecular complexity index is 1710. The van der Waals surface area contributed by atoms with Crippen LogP contribution >= 0.6 is 11.6 Å². The molecular formula is C26H20ClF2N5O3S. The summed E-state index contributed by atoms with van der Waals surface area (Å²) in [6, 6.07) is 12.4. The highest BCUT2D eigenvalue weighted by Crippen LogP contribution is 2.43. The third-order valence-corrected chi connectivity index (χ3v) is 7.71. The molecule has 1 aliphatic rings. The lowest BCUT2D eigenvalue weighted by atomic mass is 9.85. The molecule has 0 spiro atoms. The molecule has 5 rings (SSSR count). The number of amides is 1. The Morgan fingerprint density at radius 3 is 2.45 bits per heavy atom. The summed E-state index contributed by atoms with van der Waals surface area (Å²) in [7, 11) is -4.43. The van der Waals surface area contributed by atoms with Gasteiger partial charge in [-0.3, -0.25) is 9.52 Å². The minimum Gasteiger partial charge on any atom is -0.368 e. The van der Waals surface area contributed by atoms with E-state index in [-0.39, 0.29) is 22.6 Å². The van der Waals surface area contributed by atoms with Gasteiger partial charge in [-0.25, -0.2) is 27.2 Å². The number of sulfonamides is 1. The molecule has 0 saturated heterocycles. The summed E-state index contributed by atoms with van der Waals surface area (Å²) in [6.07, 6.45) is 1.12. The van der Waals surface area contributed by atoms with Gasteiger partial charge in [0.2, 0.25) is 11.9 Å². The van der Waals surface area contributed by atoms with E-state index in [1.807, 2.05) is 0 Å². The van der Waals surface area contributed by atoms with Gasteiger partial charge in [0.1, 0.15) is 16.5 Å². The van der Waals surface area contributed by atoms with Crippen LogP contribution in [0.2, 0.25) is 5.02 Å². The second kappa shape index (κ2) is 9.66. The van der Waals surface area contributed by atoms with E-state index in [9.17, 15) is 22.0 Å². The number of hydrogen-bond acceptors (Lipinski definition) is 6. The maximum Gasteiger partial charge on any atom is 0.264 e. The number of carbonyl (C=O) groups is 1. The van der Waals surface area contributed by atoms with Gasteiger partial charge < -0.3 is 11.1 Å². The van der Waals surface area contributed by atoms with Crippen molar-refractivity contribution in [3.63, 3.8) is 0 Å². The third-order valence-electron chi connectivity index (χ3n) is 6.00. The zero-order chi connectivity index (χ0) is 27.2. The lowest BCUT2D eigenvalue weighted by Gasteiger charge is -2.23. The minimum atomic E-state index is -4.43. The quantitative estimate of drug-likeness (QED) is 0.311. The van der Waals surface area contributed by atoms with E-state index < -0.39 is 26.6 Å². The molecule has 1 amide bonds. The van der Waals surface area contributed by atoms with Crippen LogP contribution in [0.1, 0.15) is 18.2 Å². The molecule has 0 radical (unpaired) electrons. The number of nitrogens with zero attached hydrogens (tertiary/aromatic N) is 2. The molecule has 38 heavy (non-hydrogen) atoms. The fourth-order valence-corrected chi connectivity index (χ4v) is 5.81. The fraction of sp³-hybridized carbons (Fsp3) is 0.115. The van der Waals surface area contributed by atoms with Gasteiger partial charge >= 0.3 is 0 Å². The molecule has 12 heteroatoms. The van der Waals surface area contributed by atoms with Crippen LogP contribution in [0.4, 0.5) is 26.1 Å². The van der Waals surface area contributed by atoms with Crippen molar-refractivity contribution in [1.29, 1.82) is 0 Å².